The van der Waals surface area contributed by atoms with Crippen molar-refractivity contribution in [3.05, 3.63) is 40.8 Å². The highest BCUT2D eigenvalue weighted by Gasteiger charge is 2.07. The normalized spacial score (nSPS) is 12.4. The lowest BCUT2D eigenvalue weighted by Crippen LogP contribution is -2.23. The molecule has 0 aliphatic rings. The predicted molar refractivity (Wildman–Crippen MR) is 74.0 cm³/mol. The Hall–Kier alpha value is -1.55. The van der Waals surface area contributed by atoms with Crippen LogP contribution in [0, 0.1) is 13.8 Å². The fraction of sp³-hybridized carbons (Fsp3) is 0.385. The van der Waals surface area contributed by atoms with Crippen LogP contribution in [0.5, 0.6) is 0 Å². The molecule has 1 N–H and O–H groups in total. The molecule has 0 saturated carbocycles. The molecule has 0 spiro atoms. The van der Waals surface area contributed by atoms with Crippen molar-refractivity contribution in [2.24, 2.45) is 0 Å². The summed E-state index contributed by atoms with van der Waals surface area (Å²) in [6, 6.07) is 6.02. The van der Waals surface area contributed by atoms with Crippen LogP contribution in [0.3, 0.4) is 0 Å². The quantitative estimate of drug-likeness (QED) is 0.923. The van der Waals surface area contributed by atoms with Gasteiger partial charge in [-0.05, 0) is 39.0 Å². The van der Waals surface area contributed by atoms with Crippen molar-refractivity contribution in [3.8, 4) is 0 Å². The van der Waals surface area contributed by atoms with E-state index in [4.69, 9.17) is 11.6 Å². The summed E-state index contributed by atoms with van der Waals surface area (Å²) in [4.78, 5) is 4.21. The summed E-state index contributed by atoms with van der Waals surface area (Å²) in [6.07, 6.45) is 1.64. The summed E-state index contributed by atoms with van der Waals surface area (Å²) in [5, 5.41) is 8.41. The number of anilines is 1. The van der Waals surface area contributed by atoms with Crippen molar-refractivity contribution < 1.29 is 0 Å². The van der Waals surface area contributed by atoms with E-state index in [2.05, 4.69) is 35.3 Å². The first-order valence-electron chi connectivity index (χ1n) is 5.94. The zero-order chi connectivity index (χ0) is 13.1. The van der Waals surface area contributed by atoms with E-state index in [0.717, 1.165) is 18.1 Å². The molecule has 0 radical (unpaired) electrons. The Kier molecular flexibility index (Phi) is 3.87. The monoisotopic (exact) mass is 264 g/mol. The molecule has 0 aromatic carbocycles. The lowest BCUT2D eigenvalue weighted by molar-refractivity contribution is 0.544. The lowest BCUT2D eigenvalue weighted by Gasteiger charge is -2.15. The van der Waals surface area contributed by atoms with Crippen LogP contribution < -0.4 is 5.32 Å². The van der Waals surface area contributed by atoms with Gasteiger partial charge in [-0.2, -0.15) is 5.10 Å². The standard InChI is InChI=1S/C13H17ClN4/c1-9-6-11(3)18(17-9)8-10(2)16-13-5-4-12(14)7-15-13/h4-7,10H,8H2,1-3H3,(H,15,16). The minimum atomic E-state index is 0.247. The highest BCUT2D eigenvalue weighted by atomic mass is 35.5. The molecule has 2 aromatic heterocycles. The molecule has 4 nitrogen and oxygen atoms in total. The van der Waals surface area contributed by atoms with Crippen LogP contribution in [0.2, 0.25) is 5.02 Å². The van der Waals surface area contributed by atoms with Crippen LogP contribution >= 0.6 is 11.6 Å². The van der Waals surface area contributed by atoms with E-state index in [1.165, 1.54) is 5.69 Å². The van der Waals surface area contributed by atoms with Crippen molar-refractivity contribution in [1.82, 2.24) is 14.8 Å². The molecule has 0 saturated heterocycles. The van der Waals surface area contributed by atoms with Gasteiger partial charge in [0.05, 0.1) is 17.3 Å². The van der Waals surface area contributed by atoms with Crippen LogP contribution in [0.4, 0.5) is 5.82 Å². The van der Waals surface area contributed by atoms with Gasteiger partial charge < -0.3 is 5.32 Å². The smallest absolute Gasteiger partial charge is 0.126 e. The fourth-order valence-electron chi connectivity index (χ4n) is 1.88. The molecule has 2 aromatic rings. The maximum atomic E-state index is 5.80. The van der Waals surface area contributed by atoms with Gasteiger partial charge in [-0.25, -0.2) is 4.98 Å². The molecule has 0 fully saturated rings. The number of aryl methyl sites for hydroxylation is 2. The van der Waals surface area contributed by atoms with Crippen molar-refractivity contribution >= 4 is 17.4 Å². The molecular formula is C13H17ClN4. The second kappa shape index (κ2) is 5.40. The zero-order valence-corrected chi connectivity index (χ0v) is 11.6. The Morgan fingerprint density at radius 3 is 2.72 bits per heavy atom. The van der Waals surface area contributed by atoms with E-state index in [9.17, 15) is 0 Å². The summed E-state index contributed by atoms with van der Waals surface area (Å²) in [6.45, 7) is 6.98. The number of rotatable bonds is 4. The van der Waals surface area contributed by atoms with Gasteiger partial charge in [0.2, 0.25) is 0 Å². The van der Waals surface area contributed by atoms with E-state index < -0.39 is 0 Å². The van der Waals surface area contributed by atoms with Crippen LogP contribution in [-0.4, -0.2) is 20.8 Å². The molecule has 0 bridgehead atoms. The number of hydrogen-bond acceptors (Lipinski definition) is 3. The van der Waals surface area contributed by atoms with E-state index in [0.29, 0.717) is 5.02 Å². The fourth-order valence-corrected chi connectivity index (χ4v) is 1.99. The Morgan fingerprint density at radius 1 is 1.39 bits per heavy atom. The van der Waals surface area contributed by atoms with Crippen LogP contribution in [0.1, 0.15) is 18.3 Å². The average molecular weight is 265 g/mol. The molecular weight excluding hydrogens is 248 g/mol. The van der Waals surface area contributed by atoms with E-state index in [-0.39, 0.29) is 6.04 Å². The molecule has 0 aliphatic carbocycles. The maximum Gasteiger partial charge on any atom is 0.126 e. The van der Waals surface area contributed by atoms with Crippen molar-refractivity contribution in [3.63, 3.8) is 0 Å². The van der Waals surface area contributed by atoms with Crippen molar-refractivity contribution in [2.75, 3.05) is 5.32 Å². The Balaban J connectivity index is 1.98. The minimum absolute atomic E-state index is 0.247. The van der Waals surface area contributed by atoms with Crippen LogP contribution in [0.25, 0.3) is 0 Å². The first-order valence-corrected chi connectivity index (χ1v) is 6.31. The molecule has 1 unspecified atom stereocenters. The molecule has 0 aliphatic heterocycles. The van der Waals surface area contributed by atoms with Gasteiger partial charge in [-0.1, -0.05) is 11.6 Å². The summed E-state index contributed by atoms with van der Waals surface area (Å²) in [5.41, 5.74) is 2.22. The Morgan fingerprint density at radius 2 is 2.17 bits per heavy atom. The highest BCUT2D eigenvalue weighted by Crippen LogP contribution is 2.11. The van der Waals surface area contributed by atoms with E-state index in [1.807, 2.05) is 23.7 Å². The van der Waals surface area contributed by atoms with Crippen LogP contribution in [-0.2, 0) is 6.54 Å². The second-order valence-corrected chi connectivity index (χ2v) is 4.95. The SMILES string of the molecule is Cc1cc(C)n(CC(C)Nc2ccc(Cl)cn2)n1. The third-order valence-corrected chi connectivity index (χ3v) is 2.90. The largest absolute Gasteiger partial charge is 0.366 e. The number of pyridine rings is 1. The number of nitrogens with one attached hydrogen (secondary N) is 1. The van der Waals surface area contributed by atoms with Crippen LogP contribution in [0.15, 0.2) is 24.4 Å². The van der Waals surface area contributed by atoms with Gasteiger partial charge in [0, 0.05) is 17.9 Å². The molecule has 5 heteroatoms. The van der Waals surface area contributed by atoms with Gasteiger partial charge >= 0.3 is 0 Å². The van der Waals surface area contributed by atoms with Gasteiger partial charge in [0.15, 0.2) is 0 Å². The highest BCUT2D eigenvalue weighted by molar-refractivity contribution is 6.30. The third-order valence-electron chi connectivity index (χ3n) is 2.67. The van der Waals surface area contributed by atoms with E-state index in [1.54, 1.807) is 6.20 Å². The molecule has 2 rings (SSSR count). The lowest BCUT2D eigenvalue weighted by atomic mass is 10.3. The number of hydrogen-bond donors (Lipinski definition) is 1. The first kappa shape index (κ1) is 12.9. The minimum Gasteiger partial charge on any atom is -0.366 e. The van der Waals surface area contributed by atoms with Gasteiger partial charge in [-0.15, -0.1) is 0 Å². The molecule has 1 atom stereocenters. The first-order chi connectivity index (χ1) is 8.54. The zero-order valence-electron chi connectivity index (χ0n) is 10.8. The van der Waals surface area contributed by atoms with Crippen molar-refractivity contribution in [2.45, 2.75) is 33.4 Å². The van der Waals surface area contributed by atoms with E-state index >= 15 is 0 Å². The Labute approximate surface area is 112 Å². The summed E-state index contributed by atoms with van der Waals surface area (Å²) in [7, 11) is 0. The molecule has 2 heterocycles. The van der Waals surface area contributed by atoms with Gasteiger partial charge in [0.25, 0.3) is 0 Å². The number of halogens is 1. The topological polar surface area (TPSA) is 42.7 Å². The second-order valence-electron chi connectivity index (χ2n) is 4.52. The maximum absolute atomic E-state index is 5.80. The number of aromatic nitrogens is 3. The van der Waals surface area contributed by atoms with Gasteiger partial charge in [-0.3, -0.25) is 4.68 Å². The van der Waals surface area contributed by atoms with Gasteiger partial charge in [0.1, 0.15) is 5.82 Å². The van der Waals surface area contributed by atoms with Crippen molar-refractivity contribution in [1.29, 1.82) is 0 Å². The molecule has 96 valence electrons. The molecule has 0 amide bonds. The summed E-state index contributed by atoms with van der Waals surface area (Å²) >= 11 is 5.80. The molecule has 18 heavy (non-hydrogen) atoms. The Bertz CT molecular complexity index is 518. The summed E-state index contributed by atoms with van der Waals surface area (Å²) in [5.74, 6) is 0.827. The number of nitrogens with zero attached hydrogens (tertiary/aromatic N) is 3. The average Bonchev–Trinajstić information content (AvgIpc) is 2.61. The summed E-state index contributed by atoms with van der Waals surface area (Å²) < 4.78 is 2.00. The third kappa shape index (κ3) is 3.23. The predicted octanol–water partition coefficient (Wildman–Crippen LogP) is 3.05.